The molecule has 6 heteroatoms. The number of hydrogen-bond acceptors (Lipinski definition) is 4. The number of carboxylic acids is 1. The van der Waals surface area contributed by atoms with Gasteiger partial charge in [-0.25, -0.2) is 0 Å². The lowest BCUT2D eigenvalue weighted by Crippen LogP contribution is -2.47. The van der Waals surface area contributed by atoms with Crippen molar-refractivity contribution in [2.75, 3.05) is 14.1 Å². The average molecular weight is 336 g/mol. The standard InChI is InChI=1S/C16H24N2O2.C2H4O2/c1-18(2)16(20)13-8-9-15(19)14(10-13)17-11-12-6-4-3-5-7-12;1-2(3)4/h3-7,13-15,17,19H,8-11H2,1-2H3;1H3,(H,3,4)/t13-,14+,15+;/m0./s1. The van der Waals surface area contributed by atoms with Gasteiger partial charge in [0.2, 0.25) is 5.91 Å². The van der Waals surface area contributed by atoms with Gasteiger partial charge in [-0.3, -0.25) is 9.59 Å². The van der Waals surface area contributed by atoms with Crippen LogP contribution in [0.5, 0.6) is 0 Å². The molecule has 1 fully saturated rings. The first-order chi connectivity index (χ1) is 11.3. The predicted molar refractivity (Wildman–Crippen MR) is 92.4 cm³/mol. The highest BCUT2D eigenvalue weighted by Crippen LogP contribution is 2.26. The number of rotatable bonds is 4. The molecule has 0 heterocycles. The van der Waals surface area contributed by atoms with Crippen molar-refractivity contribution in [3.63, 3.8) is 0 Å². The highest BCUT2D eigenvalue weighted by atomic mass is 16.4. The van der Waals surface area contributed by atoms with Gasteiger partial charge in [-0.2, -0.15) is 0 Å². The second kappa shape index (κ2) is 10.1. The summed E-state index contributed by atoms with van der Waals surface area (Å²) in [6, 6.07) is 10.1. The minimum Gasteiger partial charge on any atom is -0.481 e. The van der Waals surface area contributed by atoms with Crippen LogP contribution >= 0.6 is 0 Å². The molecule has 3 atom stereocenters. The zero-order valence-electron chi connectivity index (χ0n) is 14.6. The summed E-state index contributed by atoms with van der Waals surface area (Å²) < 4.78 is 0. The Bertz CT molecular complexity index is 515. The van der Waals surface area contributed by atoms with E-state index in [0.717, 1.165) is 19.9 Å². The minimum absolute atomic E-state index is 0.00199. The molecule has 0 bridgehead atoms. The Balaban J connectivity index is 0.000000648. The molecular formula is C18H28N2O4. The first-order valence-electron chi connectivity index (χ1n) is 8.17. The van der Waals surface area contributed by atoms with Crippen LogP contribution in [-0.2, 0) is 16.1 Å². The third-order valence-corrected chi connectivity index (χ3v) is 4.02. The van der Waals surface area contributed by atoms with Gasteiger partial charge in [-0.05, 0) is 24.8 Å². The number of aliphatic hydroxyl groups excluding tert-OH is 1. The van der Waals surface area contributed by atoms with Crippen molar-refractivity contribution in [2.24, 2.45) is 5.92 Å². The fraction of sp³-hybridized carbons (Fsp3) is 0.556. The first kappa shape index (κ1) is 20.1. The highest BCUT2D eigenvalue weighted by Gasteiger charge is 2.33. The van der Waals surface area contributed by atoms with E-state index in [0.29, 0.717) is 12.8 Å². The normalized spacial score (nSPS) is 22.9. The Labute approximate surface area is 143 Å². The number of amides is 1. The monoisotopic (exact) mass is 336 g/mol. The summed E-state index contributed by atoms with van der Waals surface area (Å²) in [5.41, 5.74) is 1.20. The number of aliphatic hydroxyl groups is 1. The lowest BCUT2D eigenvalue weighted by molar-refractivity contribution is -0.135. The smallest absolute Gasteiger partial charge is 0.300 e. The quantitative estimate of drug-likeness (QED) is 0.775. The van der Waals surface area contributed by atoms with Crippen LogP contribution in [0.25, 0.3) is 0 Å². The first-order valence-corrected chi connectivity index (χ1v) is 8.17. The van der Waals surface area contributed by atoms with Crippen LogP contribution in [0.1, 0.15) is 31.7 Å². The van der Waals surface area contributed by atoms with Crippen molar-refractivity contribution in [3.8, 4) is 0 Å². The minimum atomic E-state index is -0.833. The summed E-state index contributed by atoms with van der Waals surface area (Å²) in [5.74, 6) is -0.634. The second-order valence-electron chi connectivity index (χ2n) is 6.30. The van der Waals surface area contributed by atoms with Crippen molar-refractivity contribution < 1.29 is 19.8 Å². The molecule has 134 valence electrons. The van der Waals surface area contributed by atoms with Crippen LogP contribution in [0.3, 0.4) is 0 Å². The molecular weight excluding hydrogens is 308 g/mol. The van der Waals surface area contributed by atoms with Gasteiger partial charge in [0.15, 0.2) is 0 Å². The molecule has 0 spiro atoms. The van der Waals surface area contributed by atoms with Crippen LogP contribution in [-0.4, -0.2) is 53.2 Å². The number of carbonyl (C=O) groups excluding carboxylic acids is 1. The molecule has 0 unspecified atom stereocenters. The van der Waals surface area contributed by atoms with E-state index in [1.165, 1.54) is 5.56 Å². The number of nitrogens with one attached hydrogen (secondary N) is 1. The summed E-state index contributed by atoms with van der Waals surface area (Å²) >= 11 is 0. The molecule has 1 aliphatic carbocycles. The third-order valence-electron chi connectivity index (χ3n) is 4.02. The number of carboxylic acid groups (broad SMARTS) is 1. The van der Waals surface area contributed by atoms with E-state index in [1.54, 1.807) is 19.0 Å². The Kier molecular flexibility index (Phi) is 8.43. The summed E-state index contributed by atoms with van der Waals surface area (Å²) in [4.78, 5) is 22.7. The predicted octanol–water partition coefficient (Wildman–Crippen LogP) is 1.48. The van der Waals surface area contributed by atoms with Crippen molar-refractivity contribution in [1.29, 1.82) is 0 Å². The fourth-order valence-electron chi connectivity index (χ4n) is 2.81. The van der Waals surface area contributed by atoms with E-state index in [9.17, 15) is 9.90 Å². The van der Waals surface area contributed by atoms with Crippen molar-refractivity contribution >= 4 is 11.9 Å². The summed E-state index contributed by atoms with van der Waals surface area (Å²) in [5, 5.41) is 20.9. The van der Waals surface area contributed by atoms with Gasteiger partial charge < -0.3 is 20.4 Å². The Morgan fingerprint density at radius 1 is 1.21 bits per heavy atom. The molecule has 1 aromatic rings. The van der Waals surface area contributed by atoms with Gasteiger partial charge in [-0.15, -0.1) is 0 Å². The van der Waals surface area contributed by atoms with Gasteiger partial charge in [0.05, 0.1) is 6.10 Å². The largest absolute Gasteiger partial charge is 0.481 e. The Hall–Kier alpha value is -1.92. The zero-order valence-corrected chi connectivity index (χ0v) is 14.6. The maximum atomic E-state index is 12.0. The van der Waals surface area contributed by atoms with Gasteiger partial charge in [0.1, 0.15) is 0 Å². The van der Waals surface area contributed by atoms with E-state index in [4.69, 9.17) is 9.90 Å². The number of benzene rings is 1. The number of aliphatic carboxylic acids is 1. The Morgan fingerprint density at radius 2 is 1.79 bits per heavy atom. The van der Waals surface area contributed by atoms with Gasteiger partial charge in [-0.1, -0.05) is 30.3 Å². The van der Waals surface area contributed by atoms with Crippen molar-refractivity contribution in [3.05, 3.63) is 35.9 Å². The van der Waals surface area contributed by atoms with E-state index >= 15 is 0 Å². The van der Waals surface area contributed by atoms with E-state index in [1.807, 2.05) is 18.2 Å². The molecule has 1 aromatic carbocycles. The SMILES string of the molecule is CC(=O)O.CN(C)C(=O)[C@H]1CC[C@@H](O)[C@H](NCc2ccccc2)C1. The lowest BCUT2D eigenvalue weighted by Gasteiger charge is -2.34. The maximum Gasteiger partial charge on any atom is 0.300 e. The molecule has 1 amide bonds. The average Bonchev–Trinajstić information content (AvgIpc) is 2.54. The van der Waals surface area contributed by atoms with E-state index in [-0.39, 0.29) is 24.0 Å². The topological polar surface area (TPSA) is 89.9 Å². The van der Waals surface area contributed by atoms with Crippen LogP contribution in [0.2, 0.25) is 0 Å². The molecule has 0 aromatic heterocycles. The molecule has 0 radical (unpaired) electrons. The fourth-order valence-corrected chi connectivity index (χ4v) is 2.81. The van der Waals surface area contributed by atoms with Crippen LogP contribution in [0, 0.1) is 5.92 Å². The molecule has 3 N–H and O–H groups in total. The van der Waals surface area contributed by atoms with E-state index in [2.05, 4.69) is 17.4 Å². The van der Waals surface area contributed by atoms with Crippen LogP contribution in [0.4, 0.5) is 0 Å². The molecule has 2 rings (SSSR count). The van der Waals surface area contributed by atoms with Gasteiger partial charge in [0.25, 0.3) is 5.97 Å². The summed E-state index contributed by atoms with van der Waals surface area (Å²) in [6.07, 6.45) is 1.83. The highest BCUT2D eigenvalue weighted by molar-refractivity contribution is 5.78. The molecule has 1 aliphatic rings. The van der Waals surface area contributed by atoms with Crippen LogP contribution in [0.15, 0.2) is 30.3 Å². The zero-order chi connectivity index (χ0) is 18.1. The maximum absolute atomic E-state index is 12.0. The summed E-state index contributed by atoms with van der Waals surface area (Å²) in [7, 11) is 3.58. The van der Waals surface area contributed by atoms with E-state index < -0.39 is 5.97 Å². The van der Waals surface area contributed by atoms with Crippen molar-refractivity contribution in [2.45, 2.75) is 44.9 Å². The van der Waals surface area contributed by atoms with Gasteiger partial charge >= 0.3 is 0 Å². The summed E-state index contributed by atoms with van der Waals surface area (Å²) in [6.45, 7) is 1.81. The third kappa shape index (κ3) is 7.10. The molecule has 0 aliphatic heterocycles. The molecule has 1 saturated carbocycles. The lowest BCUT2D eigenvalue weighted by atomic mass is 9.83. The number of nitrogens with zero attached hydrogens (tertiary/aromatic N) is 1. The van der Waals surface area contributed by atoms with Crippen LogP contribution < -0.4 is 5.32 Å². The molecule has 6 nitrogen and oxygen atoms in total. The van der Waals surface area contributed by atoms with Gasteiger partial charge in [0, 0.05) is 39.5 Å². The number of hydrogen-bond donors (Lipinski definition) is 3. The molecule has 0 saturated heterocycles. The van der Waals surface area contributed by atoms with Crippen molar-refractivity contribution in [1.82, 2.24) is 10.2 Å². The second-order valence-corrected chi connectivity index (χ2v) is 6.30. The molecule has 24 heavy (non-hydrogen) atoms. The Morgan fingerprint density at radius 3 is 2.33 bits per heavy atom. The number of carbonyl (C=O) groups is 2.